The topological polar surface area (TPSA) is 80.3 Å². The van der Waals surface area contributed by atoms with Crippen molar-refractivity contribution < 1.29 is 33.3 Å². The van der Waals surface area contributed by atoms with E-state index in [2.05, 4.69) is 0 Å². The number of esters is 1. The number of carbonyl (C=O) groups is 2. The molecule has 0 aromatic rings. The highest BCUT2D eigenvalue weighted by Gasteiger charge is 2.69. The summed E-state index contributed by atoms with van der Waals surface area (Å²) in [5.41, 5.74) is -2.67. The van der Waals surface area contributed by atoms with Crippen molar-refractivity contribution in [3.8, 4) is 0 Å². The van der Waals surface area contributed by atoms with E-state index in [1.54, 1.807) is 6.08 Å². The normalized spacial score (nSPS) is 33.1. The van der Waals surface area contributed by atoms with Crippen LogP contribution < -0.4 is 0 Å². The second-order valence-electron chi connectivity index (χ2n) is 9.90. The van der Waals surface area contributed by atoms with Gasteiger partial charge in [0.2, 0.25) is 5.60 Å². The first-order chi connectivity index (χ1) is 13.9. The van der Waals surface area contributed by atoms with Gasteiger partial charge in [-0.1, -0.05) is 13.8 Å². The Morgan fingerprint density at radius 1 is 1.27 bits per heavy atom. The lowest BCUT2D eigenvalue weighted by Crippen LogP contribution is -2.57. The average Bonchev–Trinajstić information content (AvgIpc) is 3.19. The number of ether oxygens (including phenoxy) is 5. The molecule has 0 spiro atoms. The summed E-state index contributed by atoms with van der Waals surface area (Å²) in [6, 6.07) is 0. The van der Waals surface area contributed by atoms with Crippen LogP contribution in [0.3, 0.4) is 0 Å². The summed E-state index contributed by atoms with van der Waals surface area (Å²) in [6.45, 7) is 14.5. The monoisotopic (exact) mass is 424 g/mol. The minimum atomic E-state index is -1.45. The molecule has 0 aromatic carbocycles. The van der Waals surface area contributed by atoms with Crippen LogP contribution in [-0.4, -0.2) is 60.3 Å². The molecule has 7 heteroatoms. The SMILES string of the molecule is CCO[C@@H]1C[C@]2(C(C)C)O[C@@]1(C(=O)OC(C)(C)C)C(CCC1(C)OCCO1)=CC2=O. The van der Waals surface area contributed by atoms with Crippen LogP contribution >= 0.6 is 0 Å². The lowest BCUT2D eigenvalue weighted by Gasteiger charge is -2.42. The van der Waals surface area contributed by atoms with Gasteiger partial charge in [0.15, 0.2) is 11.6 Å². The third-order valence-corrected chi connectivity index (χ3v) is 6.23. The molecule has 0 radical (unpaired) electrons. The van der Waals surface area contributed by atoms with Gasteiger partial charge >= 0.3 is 5.97 Å². The largest absolute Gasteiger partial charge is 0.457 e. The maximum atomic E-state index is 13.6. The van der Waals surface area contributed by atoms with Crippen molar-refractivity contribution in [1.29, 1.82) is 0 Å². The molecule has 0 unspecified atom stereocenters. The Bertz CT molecular complexity index is 714. The van der Waals surface area contributed by atoms with Gasteiger partial charge in [-0.2, -0.15) is 0 Å². The Labute approximate surface area is 179 Å². The molecule has 0 amide bonds. The van der Waals surface area contributed by atoms with E-state index in [0.717, 1.165) is 0 Å². The lowest BCUT2D eigenvalue weighted by atomic mass is 9.82. The Hall–Kier alpha value is -1.28. The maximum absolute atomic E-state index is 13.6. The van der Waals surface area contributed by atoms with Crippen LogP contribution in [0.4, 0.5) is 0 Å². The molecule has 2 fully saturated rings. The van der Waals surface area contributed by atoms with Crippen LogP contribution in [0.1, 0.15) is 67.7 Å². The minimum Gasteiger partial charge on any atom is -0.457 e. The summed E-state index contributed by atoms with van der Waals surface area (Å²) < 4.78 is 29.8. The minimum absolute atomic E-state index is 0.117. The zero-order chi connectivity index (χ0) is 22.4. The summed E-state index contributed by atoms with van der Waals surface area (Å²) in [5, 5.41) is 0. The first kappa shape index (κ1) is 23.4. The zero-order valence-corrected chi connectivity index (χ0v) is 19.3. The van der Waals surface area contributed by atoms with Crippen molar-refractivity contribution in [2.45, 2.75) is 96.4 Å². The first-order valence-electron chi connectivity index (χ1n) is 11.0. The maximum Gasteiger partial charge on any atom is 0.346 e. The van der Waals surface area contributed by atoms with Crippen molar-refractivity contribution in [2.75, 3.05) is 19.8 Å². The van der Waals surface area contributed by atoms with Gasteiger partial charge in [0.1, 0.15) is 17.3 Å². The van der Waals surface area contributed by atoms with E-state index in [4.69, 9.17) is 23.7 Å². The highest BCUT2D eigenvalue weighted by Crippen LogP contribution is 2.53. The highest BCUT2D eigenvalue weighted by molar-refractivity contribution is 6.03. The molecule has 3 heterocycles. The van der Waals surface area contributed by atoms with E-state index < -0.39 is 34.7 Å². The predicted octanol–water partition coefficient (Wildman–Crippen LogP) is 3.34. The van der Waals surface area contributed by atoms with Gasteiger partial charge in [-0.25, -0.2) is 4.79 Å². The van der Waals surface area contributed by atoms with E-state index in [9.17, 15) is 9.59 Å². The van der Waals surface area contributed by atoms with Gasteiger partial charge < -0.3 is 23.7 Å². The summed E-state index contributed by atoms with van der Waals surface area (Å²) in [5.74, 6) is -1.49. The van der Waals surface area contributed by atoms with Gasteiger partial charge in [-0.05, 0) is 58.6 Å². The molecule has 7 nitrogen and oxygen atoms in total. The van der Waals surface area contributed by atoms with Gasteiger partial charge in [0.25, 0.3) is 0 Å². The first-order valence-corrected chi connectivity index (χ1v) is 11.0. The Morgan fingerprint density at radius 3 is 2.43 bits per heavy atom. The molecule has 0 saturated carbocycles. The Balaban J connectivity index is 2.04. The van der Waals surface area contributed by atoms with Crippen LogP contribution in [0.15, 0.2) is 11.6 Å². The molecule has 0 aromatic heterocycles. The van der Waals surface area contributed by atoms with Crippen molar-refractivity contribution >= 4 is 11.8 Å². The fourth-order valence-corrected chi connectivity index (χ4v) is 4.62. The number of rotatable bonds is 7. The smallest absolute Gasteiger partial charge is 0.346 e. The van der Waals surface area contributed by atoms with Crippen molar-refractivity contribution in [1.82, 2.24) is 0 Å². The van der Waals surface area contributed by atoms with Gasteiger partial charge in [0, 0.05) is 19.4 Å². The molecular formula is C23H36O7. The summed E-state index contributed by atoms with van der Waals surface area (Å²) in [4.78, 5) is 26.8. The molecular weight excluding hydrogens is 388 g/mol. The van der Waals surface area contributed by atoms with Crippen LogP contribution in [0.5, 0.6) is 0 Å². The second-order valence-corrected chi connectivity index (χ2v) is 9.90. The molecule has 3 aliphatic heterocycles. The standard InChI is InChI=1S/C23H36O7/c1-8-26-18-14-22(15(2)3)17(24)13-16(9-10-21(7)27-11-12-28-21)23(18,30-22)19(25)29-20(4,5)6/h13,15,18H,8-12,14H2,1-7H3/t18-,22-,23+/m1/s1. The van der Waals surface area contributed by atoms with Crippen LogP contribution in [0.2, 0.25) is 0 Å². The number of hydrogen-bond acceptors (Lipinski definition) is 7. The summed E-state index contributed by atoms with van der Waals surface area (Å²) in [6.07, 6.45) is 2.20. The lowest BCUT2D eigenvalue weighted by molar-refractivity contribution is -0.200. The van der Waals surface area contributed by atoms with Crippen LogP contribution in [0, 0.1) is 5.92 Å². The Morgan fingerprint density at radius 2 is 1.90 bits per heavy atom. The quantitative estimate of drug-likeness (QED) is 0.580. The van der Waals surface area contributed by atoms with Gasteiger partial charge in [-0.15, -0.1) is 0 Å². The average molecular weight is 425 g/mol. The molecule has 0 N–H and O–H groups in total. The molecule has 3 aliphatic rings. The van der Waals surface area contributed by atoms with Crippen molar-refractivity contribution in [3.63, 3.8) is 0 Å². The van der Waals surface area contributed by atoms with E-state index in [1.165, 1.54) is 0 Å². The molecule has 2 saturated heterocycles. The predicted molar refractivity (Wildman–Crippen MR) is 110 cm³/mol. The van der Waals surface area contributed by atoms with E-state index >= 15 is 0 Å². The summed E-state index contributed by atoms with van der Waals surface area (Å²) in [7, 11) is 0. The van der Waals surface area contributed by atoms with E-state index in [1.807, 2.05) is 48.5 Å². The van der Waals surface area contributed by atoms with Gasteiger partial charge in [-0.3, -0.25) is 4.79 Å². The Kier molecular flexibility index (Phi) is 6.24. The number of ketones is 1. The molecule has 0 aliphatic carbocycles. The van der Waals surface area contributed by atoms with Crippen molar-refractivity contribution in [3.05, 3.63) is 11.6 Å². The molecule has 2 bridgehead atoms. The van der Waals surface area contributed by atoms with Crippen LogP contribution in [-0.2, 0) is 33.3 Å². The van der Waals surface area contributed by atoms with Crippen molar-refractivity contribution in [2.24, 2.45) is 5.92 Å². The van der Waals surface area contributed by atoms with E-state index in [-0.39, 0.29) is 11.7 Å². The third-order valence-electron chi connectivity index (χ3n) is 6.23. The van der Waals surface area contributed by atoms with Gasteiger partial charge in [0.05, 0.1) is 13.2 Å². The molecule has 170 valence electrons. The van der Waals surface area contributed by atoms with E-state index in [0.29, 0.717) is 44.7 Å². The fourth-order valence-electron chi connectivity index (χ4n) is 4.62. The summed E-state index contributed by atoms with van der Waals surface area (Å²) >= 11 is 0. The fraction of sp³-hybridized carbons (Fsp3) is 0.826. The molecule has 3 rings (SSSR count). The second kappa shape index (κ2) is 8.01. The number of carbonyl (C=O) groups excluding carboxylic acids is 2. The zero-order valence-electron chi connectivity index (χ0n) is 19.3. The highest BCUT2D eigenvalue weighted by atomic mass is 16.7. The van der Waals surface area contributed by atoms with Crippen LogP contribution in [0.25, 0.3) is 0 Å². The molecule has 30 heavy (non-hydrogen) atoms. The third kappa shape index (κ3) is 3.97. The number of hydrogen-bond donors (Lipinski definition) is 0. The number of fused-ring (bicyclic) bond motifs is 2. The molecule has 3 atom stereocenters.